The van der Waals surface area contributed by atoms with Gasteiger partial charge in [-0.2, -0.15) is 0 Å². The summed E-state index contributed by atoms with van der Waals surface area (Å²) in [5.41, 5.74) is 0.826. The summed E-state index contributed by atoms with van der Waals surface area (Å²) in [6.45, 7) is 2.73. The lowest BCUT2D eigenvalue weighted by Gasteiger charge is -2.26. The Morgan fingerprint density at radius 1 is 1.25 bits per heavy atom. The van der Waals surface area contributed by atoms with Crippen molar-refractivity contribution < 1.29 is 9.90 Å². The molecule has 0 aliphatic heterocycles. The number of aliphatic hydroxyl groups is 1. The summed E-state index contributed by atoms with van der Waals surface area (Å²) < 4.78 is 0. The van der Waals surface area contributed by atoms with Crippen LogP contribution in [-0.4, -0.2) is 29.7 Å². The fourth-order valence-electron chi connectivity index (χ4n) is 2.56. The Morgan fingerprint density at radius 3 is 2.55 bits per heavy atom. The average molecular weight is 276 g/mol. The zero-order chi connectivity index (χ0) is 14.4. The molecule has 20 heavy (non-hydrogen) atoms. The largest absolute Gasteiger partial charge is 0.393 e. The minimum absolute atomic E-state index is 0.00737. The highest BCUT2D eigenvalue weighted by Gasteiger charge is 2.20. The summed E-state index contributed by atoms with van der Waals surface area (Å²) in [4.78, 5) is 12.0. The summed E-state index contributed by atoms with van der Waals surface area (Å²) in [5, 5.41) is 15.7. The number of aliphatic hydroxyl groups excluding tert-OH is 1. The maximum atomic E-state index is 12.0. The molecule has 0 radical (unpaired) electrons. The second-order valence-electron chi connectivity index (χ2n) is 5.66. The molecule has 1 aliphatic carbocycles. The van der Waals surface area contributed by atoms with E-state index in [4.69, 9.17) is 0 Å². The normalized spacial score (nSPS) is 24.1. The van der Waals surface area contributed by atoms with Crippen LogP contribution in [0, 0.1) is 5.92 Å². The molecule has 0 saturated heterocycles. The second kappa shape index (κ2) is 7.41. The second-order valence-corrected chi connectivity index (χ2v) is 5.66. The van der Waals surface area contributed by atoms with Gasteiger partial charge in [0.15, 0.2) is 0 Å². The van der Waals surface area contributed by atoms with Gasteiger partial charge in [0.25, 0.3) is 0 Å². The number of amides is 1. The predicted octanol–water partition coefficient (Wildman–Crippen LogP) is 2.15. The predicted molar refractivity (Wildman–Crippen MR) is 80.5 cm³/mol. The molecule has 1 saturated carbocycles. The van der Waals surface area contributed by atoms with Gasteiger partial charge in [-0.25, -0.2) is 0 Å². The van der Waals surface area contributed by atoms with Crippen molar-refractivity contribution in [3.63, 3.8) is 0 Å². The zero-order valence-corrected chi connectivity index (χ0v) is 12.0. The lowest BCUT2D eigenvalue weighted by Crippen LogP contribution is -2.41. The number of hydrogen-bond donors (Lipinski definition) is 3. The van der Waals surface area contributed by atoms with Gasteiger partial charge in [-0.15, -0.1) is 0 Å². The highest BCUT2D eigenvalue weighted by atomic mass is 16.3. The van der Waals surface area contributed by atoms with Gasteiger partial charge in [0.05, 0.1) is 12.1 Å². The van der Waals surface area contributed by atoms with Gasteiger partial charge < -0.3 is 15.7 Å². The molecule has 0 spiro atoms. The van der Waals surface area contributed by atoms with Crippen LogP contribution < -0.4 is 10.6 Å². The molecule has 0 aromatic heterocycles. The van der Waals surface area contributed by atoms with E-state index in [0.717, 1.165) is 37.9 Å². The SMILES string of the molecule is CC(NCC1CCC(O)CC1)C(=O)Nc1ccccc1. The number of carbonyl (C=O) groups excluding carboxylic acids is 1. The van der Waals surface area contributed by atoms with Gasteiger partial charge in [0, 0.05) is 5.69 Å². The van der Waals surface area contributed by atoms with Crippen LogP contribution in [0.4, 0.5) is 5.69 Å². The van der Waals surface area contributed by atoms with Gasteiger partial charge in [0.2, 0.25) is 5.91 Å². The van der Waals surface area contributed by atoms with Crippen LogP contribution in [0.2, 0.25) is 0 Å². The van der Waals surface area contributed by atoms with Gasteiger partial charge in [-0.1, -0.05) is 18.2 Å². The molecule has 1 amide bonds. The molecule has 1 aromatic rings. The molecule has 0 bridgehead atoms. The molecule has 110 valence electrons. The molecule has 0 heterocycles. The van der Waals surface area contributed by atoms with Crippen molar-refractivity contribution in [3.8, 4) is 0 Å². The highest BCUT2D eigenvalue weighted by Crippen LogP contribution is 2.23. The third-order valence-electron chi connectivity index (χ3n) is 3.96. The van der Waals surface area contributed by atoms with E-state index in [-0.39, 0.29) is 18.1 Å². The van der Waals surface area contributed by atoms with Crippen molar-refractivity contribution in [1.29, 1.82) is 0 Å². The molecular formula is C16H24N2O2. The monoisotopic (exact) mass is 276 g/mol. The smallest absolute Gasteiger partial charge is 0.241 e. The van der Waals surface area contributed by atoms with Crippen LogP contribution in [-0.2, 0) is 4.79 Å². The van der Waals surface area contributed by atoms with E-state index in [0.29, 0.717) is 5.92 Å². The van der Waals surface area contributed by atoms with Crippen LogP contribution in [0.1, 0.15) is 32.6 Å². The molecule has 1 aromatic carbocycles. The lowest BCUT2D eigenvalue weighted by atomic mass is 9.87. The van der Waals surface area contributed by atoms with E-state index in [1.807, 2.05) is 37.3 Å². The van der Waals surface area contributed by atoms with Crippen molar-refractivity contribution in [2.75, 3.05) is 11.9 Å². The van der Waals surface area contributed by atoms with Gasteiger partial charge in [-0.3, -0.25) is 4.79 Å². The number of anilines is 1. The maximum Gasteiger partial charge on any atom is 0.241 e. The first-order valence-electron chi connectivity index (χ1n) is 7.42. The van der Waals surface area contributed by atoms with Gasteiger partial charge in [-0.05, 0) is 57.2 Å². The average Bonchev–Trinajstić information content (AvgIpc) is 2.47. The quantitative estimate of drug-likeness (QED) is 0.772. The van der Waals surface area contributed by atoms with Crippen LogP contribution in [0.25, 0.3) is 0 Å². The van der Waals surface area contributed by atoms with E-state index in [9.17, 15) is 9.90 Å². The standard InChI is InChI=1S/C16H24N2O2/c1-12(16(20)18-14-5-3-2-4-6-14)17-11-13-7-9-15(19)10-8-13/h2-6,12-13,15,17,19H,7-11H2,1H3,(H,18,20). The molecule has 4 heteroatoms. The van der Waals surface area contributed by atoms with Crippen molar-refractivity contribution in [2.24, 2.45) is 5.92 Å². The van der Waals surface area contributed by atoms with E-state index >= 15 is 0 Å². The molecular weight excluding hydrogens is 252 g/mol. The third kappa shape index (κ3) is 4.62. The first-order chi connectivity index (χ1) is 9.65. The Balaban J connectivity index is 1.71. The Morgan fingerprint density at radius 2 is 1.90 bits per heavy atom. The molecule has 1 atom stereocenters. The Bertz CT molecular complexity index is 414. The molecule has 4 nitrogen and oxygen atoms in total. The molecule has 1 fully saturated rings. The number of benzene rings is 1. The van der Waals surface area contributed by atoms with Crippen LogP contribution in [0.5, 0.6) is 0 Å². The number of nitrogens with one attached hydrogen (secondary N) is 2. The minimum atomic E-state index is -0.206. The van der Waals surface area contributed by atoms with Crippen molar-refractivity contribution in [2.45, 2.75) is 44.8 Å². The summed E-state index contributed by atoms with van der Waals surface area (Å²) in [5.74, 6) is 0.567. The minimum Gasteiger partial charge on any atom is -0.393 e. The summed E-state index contributed by atoms with van der Waals surface area (Å²) in [6.07, 6.45) is 3.74. The Hall–Kier alpha value is -1.39. The number of rotatable bonds is 5. The fraction of sp³-hybridized carbons (Fsp3) is 0.562. The first kappa shape index (κ1) is 15.0. The molecule has 3 N–H and O–H groups in total. The molecule has 1 unspecified atom stereocenters. The topological polar surface area (TPSA) is 61.4 Å². The summed E-state index contributed by atoms with van der Waals surface area (Å²) in [6, 6.07) is 9.29. The molecule has 1 aliphatic rings. The van der Waals surface area contributed by atoms with E-state index in [1.54, 1.807) is 0 Å². The lowest BCUT2D eigenvalue weighted by molar-refractivity contribution is -0.117. The first-order valence-corrected chi connectivity index (χ1v) is 7.42. The van der Waals surface area contributed by atoms with E-state index in [1.165, 1.54) is 0 Å². The highest BCUT2D eigenvalue weighted by molar-refractivity contribution is 5.94. The van der Waals surface area contributed by atoms with E-state index in [2.05, 4.69) is 10.6 Å². The van der Waals surface area contributed by atoms with Crippen LogP contribution >= 0.6 is 0 Å². The molecule has 2 rings (SSSR count). The summed E-state index contributed by atoms with van der Waals surface area (Å²) >= 11 is 0. The maximum absolute atomic E-state index is 12.0. The zero-order valence-electron chi connectivity index (χ0n) is 12.0. The Labute approximate surface area is 120 Å². The van der Waals surface area contributed by atoms with Crippen LogP contribution in [0.15, 0.2) is 30.3 Å². The fourth-order valence-corrected chi connectivity index (χ4v) is 2.56. The van der Waals surface area contributed by atoms with Crippen molar-refractivity contribution in [3.05, 3.63) is 30.3 Å². The van der Waals surface area contributed by atoms with Crippen molar-refractivity contribution in [1.82, 2.24) is 5.32 Å². The van der Waals surface area contributed by atoms with Crippen LogP contribution in [0.3, 0.4) is 0 Å². The number of para-hydroxylation sites is 1. The third-order valence-corrected chi connectivity index (χ3v) is 3.96. The van der Waals surface area contributed by atoms with Gasteiger partial charge in [0.1, 0.15) is 0 Å². The number of carbonyl (C=O) groups is 1. The van der Waals surface area contributed by atoms with Crippen molar-refractivity contribution >= 4 is 11.6 Å². The van der Waals surface area contributed by atoms with Gasteiger partial charge >= 0.3 is 0 Å². The summed E-state index contributed by atoms with van der Waals surface area (Å²) in [7, 11) is 0. The number of hydrogen-bond acceptors (Lipinski definition) is 3. The Kier molecular flexibility index (Phi) is 5.56. The van der Waals surface area contributed by atoms with E-state index < -0.39 is 0 Å².